The lowest BCUT2D eigenvalue weighted by atomic mass is 10.1. The van der Waals surface area contributed by atoms with Gasteiger partial charge in [0.1, 0.15) is 17.3 Å². The molecule has 0 atom stereocenters. The Labute approximate surface area is 109 Å². The highest BCUT2D eigenvalue weighted by atomic mass is 19.1. The van der Waals surface area contributed by atoms with Crippen LogP contribution in [0.1, 0.15) is 15.9 Å². The van der Waals surface area contributed by atoms with E-state index >= 15 is 0 Å². The van der Waals surface area contributed by atoms with Crippen molar-refractivity contribution >= 4 is 11.9 Å². The molecule has 0 amide bonds. The number of ketones is 1. The molecule has 0 radical (unpaired) electrons. The molecule has 0 saturated carbocycles. The number of phenols is 2. The van der Waals surface area contributed by atoms with Gasteiger partial charge in [0.2, 0.25) is 0 Å². The van der Waals surface area contributed by atoms with Crippen LogP contribution >= 0.6 is 0 Å². The number of aromatic hydroxyl groups is 2. The Hall–Kier alpha value is -2.62. The standard InChI is InChI=1S/C15H11FO3/c16-11-6-8-15(19)12(9-11)14(18)7-5-10-3-1-2-4-13(10)17/h1-9,17,19H. The fraction of sp³-hybridized carbons (Fsp3) is 0. The van der Waals surface area contributed by atoms with E-state index in [-0.39, 0.29) is 17.1 Å². The van der Waals surface area contributed by atoms with E-state index in [0.29, 0.717) is 5.56 Å². The van der Waals surface area contributed by atoms with E-state index in [2.05, 4.69) is 0 Å². The number of carbonyl (C=O) groups excluding carboxylic acids is 1. The van der Waals surface area contributed by atoms with Gasteiger partial charge in [0.15, 0.2) is 5.78 Å². The van der Waals surface area contributed by atoms with Crippen LogP contribution in [-0.4, -0.2) is 16.0 Å². The number of benzene rings is 2. The second-order valence-electron chi connectivity index (χ2n) is 3.92. The van der Waals surface area contributed by atoms with Crippen molar-refractivity contribution in [2.45, 2.75) is 0 Å². The SMILES string of the molecule is O=C(C=Cc1ccccc1O)c1cc(F)ccc1O. The highest BCUT2D eigenvalue weighted by molar-refractivity contribution is 6.08. The number of allylic oxidation sites excluding steroid dienone is 1. The van der Waals surface area contributed by atoms with Gasteiger partial charge in [-0.2, -0.15) is 0 Å². The third-order valence-electron chi connectivity index (χ3n) is 2.58. The van der Waals surface area contributed by atoms with Crippen molar-refractivity contribution in [3.05, 3.63) is 65.5 Å². The van der Waals surface area contributed by atoms with Crippen molar-refractivity contribution in [2.24, 2.45) is 0 Å². The zero-order chi connectivity index (χ0) is 13.8. The van der Waals surface area contributed by atoms with Crippen LogP contribution in [0.5, 0.6) is 11.5 Å². The molecule has 3 nitrogen and oxygen atoms in total. The molecule has 19 heavy (non-hydrogen) atoms. The third-order valence-corrected chi connectivity index (χ3v) is 2.58. The van der Waals surface area contributed by atoms with E-state index in [1.165, 1.54) is 18.2 Å². The van der Waals surface area contributed by atoms with Crippen LogP contribution in [0.4, 0.5) is 4.39 Å². The molecular weight excluding hydrogens is 247 g/mol. The summed E-state index contributed by atoms with van der Waals surface area (Å²) >= 11 is 0. The molecule has 2 aromatic carbocycles. The summed E-state index contributed by atoms with van der Waals surface area (Å²) in [6.07, 6.45) is 2.57. The quantitative estimate of drug-likeness (QED) is 0.657. The van der Waals surface area contributed by atoms with Crippen LogP contribution in [0.15, 0.2) is 48.5 Å². The van der Waals surface area contributed by atoms with Gasteiger partial charge in [-0.1, -0.05) is 18.2 Å². The predicted molar refractivity (Wildman–Crippen MR) is 69.5 cm³/mol. The first-order chi connectivity index (χ1) is 9.08. The average molecular weight is 258 g/mol. The van der Waals surface area contributed by atoms with Gasteiger partial charge in [-0.15, -0.1) is 0 Å². The summed E-state index contributed by atoms with van der Waals surface area (Å²) in [5.41, 5.74) is 0.346. The van der Waals surface area contributed by atoms with Crippen LogP contribution in [0.3, 0.4) is 0 Å². The molecule has 0 saturated heterocycles. The number of halogens is 1. The zero-order valence-corrected chi connectivity index (χ0v) is 9.88. The van der Waals surface area contributed by atoms with Crippen molar-refractivity contribution in [2.75, 3.05) is 0 Å². The van der Waals surface area contributed by atoms with Gasteiger partial charge in [-0.25, -0.2) is 4.39 Å². The Morgan fingerprint density at radius 1 is 1.05 bits per heavy atom. The molecule has 2 N–H and O–H groups in total. The second-order valence-corrected chi connectivity index (χ2v) is 3.92. The first-order valence-electron chi connectivity index (χ1n) is 5.57. The summed E-state index contributed by atoms with van der Waals surface area (Å²) in [6.45, 7) is 0. The molecule has 0 aliphatic carbocycles. The molecule has 0 fully saturated rings. The lowest BCUT2D eigenvalue weighted by Crippen LogP contribution is -1.95. The molecule has 4 heteroatoms. The normalized spacial score (nSPS) is 10.8. The van der Waals surface area contributed by atoms with Gasteiger partial charge in [0.25, 0.3) is 0 Å². The Bertz CT molecular complexity index is 648. The Morgan fingerprint density at radius 2 is 1.79 bits per heavy atom. The topological polar surface area (TPSA) is 57.5 Å². The molecule has 2 rings (SSSR count). The Morgan fingerprint density at radius 3 is 2.53 bits per heavy atom. The van der Waals surface area contributed by atoms with E-state index in [9.17, 15) is 19.4 Å². The maximum absolute atomic E-state index is 13.0. The molecule has 0 aromatic heterocycles. The molecule has 96 valence electrons. The Kier molecular flexibility index (Phi) is 3.61. The fourth-order valence-electron chi connectivity index (χ4n) is 1.59. The van der Waals surface area contributed by atoms with Crippen LogP contribution in [0.25, 0.3) is 6.08 Å². The van der Waals surface area contributed by atoms with Gasteiger partial charge in [-0.3, -0.25) is 4.79 Å². The van der Waals surface area contributed by atoms with E-state index in [1.807, 2.05) is 0 Å². The van der Waals surface area contributed by atoms with Crippen LogP contribution in [-0.2, 0) is 0 Å². The lowest BCUT2D eigenvalue weighted by molar-refractivity contribution is 0.104. The highest BCUT2D eigenvalue weighted by Gasteiger charge is 2.09. The maximum atomic E-state index is 13.0. The predicted octanol–water partition coefficient (Wildman–Crippen LogP) is 3.13. The first-order valence-corrected chi connectivity index (χ1v) is 5.57. The summed E-state index contributed by atoms with van der Waals surface area (Å²) in [5, 5.41) is 19.0. The number of phenolic OH excluding ortho intramolecular Hbond substituents is 2. The van der Waals surface area contributed by atoms with Crippen LogP contribution < -0.4 is 0 Å². The minimum atomic E-state index is -0.600. The summed E-state index contributed by atoms with van der Waals surface area (Å²) in [4.78, 5) is 11.8. The number of rotatable bonds is 3. The second kappa shape index (κ2) is 5.35. The van der Waals surface area contributed by atoms with Gasteiger partial charge >= 0.3 is 0 Å². The van der Waals surface area contributed by atoms with E-state index in [1.54, 1.807) is 18.2 Å². The van der Waals surface area contributed by atoms with Crippen molar-refractivity contribution in [1.29, 1.82) is 0 Å². The first kappa shape index (κ1) is 12.8. The van der Waals surface area contributed by atoms with E-state index < -0.39 is 11.6 Å². The maximum Gasteiger partial charge on any atom is 0.189 e. The molecule has 0 bridgehead atoms. The smallest absolute Gasteiger partial charge is 0.189 e. The molecule has 0 spiro atoms. The van der Waals surface area contributed by atoms with Gasteiger partial charge in [-0.05, 0) is 36.4 Å². The van der Waals surface area contributed by atoms with Crippen molar-refractivity contribution in [3.63, 3.8) is 0 Å². The van der Waals surface area contributed by atoms with Gasteiger partial charge in [0.05, 0.1) is 5.56 Å². The van der Waals surface area contributed by atoms with Crippen LogP contribution in [0.2, 0.25) is 0 Å². The number of hydrogen-bond donors (Lipinski definition) is 2. The van der Waals surface area contributed by atoms with E-state index in [4.69, 9.17) is 0 Å². The summed E-state index contributed by atoms with van der Waals surface area (Å²) in [6, 6.07) is 9.65. The summed E-state index contributed by atoms with van der Waals surface area (Å²) in [5.74, 6) is -1.39. The van der Waals surface area contributed by atoms with Crippen molar-refractivity contribution in [1.82, 2.24) is 0 Å². The molecular formula is C15H11FO3. The highest BCUT2D eigenvalue weighted by Crippen LogP contribution is 2.21. The van der Waals surface area contributed by atoms with Gasteiger partial charge < -0.3 is 10.2 Å². The number of carbonyl (C=O) groups is 1. The van der Waals surface area contributed by atoms with Crippen LogP contribution in [0, 0.1) is 5.82 Å². The number of para-hydroxylation sites is 1. The minimum absolute atomic E-state index is 0.0371. The largest absolute Gasteiger partial charge is 0.507 e. The number of hydrogen-bond acceptors (Lipinski definition) is 3. The minimum Gasteiger partial charge on any atom is -0.507 e. The summed E-state index contributed by atoms with van der Waals surface area (Å²) in [7, 11) is 0. The van der Waals surface area contributed by atoms with Crippen molar-refractivity contribution in [3.8, 4) is 11.5 Å². The molecule has 0 heterocycles. The van der Waals surface area contributed by atoms with E-state index in [0.717, 1.165) is 18.2 Å². The van der Waals surface area contributed by atoms with Crippen molar-refractivity contribution < 1.29 is 19.4 Å². The fourth-order valence-corrected chi connectivity index (χ4v) is 1.59. The molecule has 0 aliphatic rings. The summed E-state index contributed by atoms with van der Waals surface area (Å²) < 4.78 is 13.0. The molecule has 0 unspecified atom stereocenters. The molecule has 2 aromatic rings. The monoisotopic (exact) mass is 258 g/mol. The molecule has 0 aliphatic heterocycles. The Balaban J connectivity index is 2.26. The average Bonchev–Trinajstić information content (AvgIpc) is 2.40. The van der Waals surface area contributed by atoms with Gasteiger partial charge in [0, 0.05) is 5.56 Å². The third kappa shape index (κ3) is 2.98. The lowest BCUT2D eigenvalue weighted by Gasteiger charge is -2.01. The zero-order valence-electron chi connectivity index (χ0n) is 9.88.